The number of anilines is 1. The van der Waals surface area contributed by atoms with E-state index in [1.54, 1.807) is 0 Å². The van der Waals surface area contributed by atoms with Crippen molar-refractivity contribution in [2.75, 3.05) is 11.4 Å². The predicted octanol–water partition coefficient (Wildman–Crippen LogP) is 3.65. The largest absolute Gasteiger partial charge is 0.318 e. The van der Waals surface area contributed by atoms with Gasteiger partial charge in [0.05, 0.1) is 11.0 Å². The van der Waals surface area contributed by atoms with Crippen molar-refractivity contribution >= 4 is 22.6 Å². The number of hydrogen-bond acceptors (Lipinski definition) is 2. The zero-order valence-corrected chi connectivity index (χ0v) is 13.6. The molecule has 118 valence electrons. The second-order valence-corrected chi connectivity index (χ2v) is 5.43. The van der Waals surface area contributed by atoms with E-state index in [9.17, 15) is 4.79 Å². The fraction of sp³-hybridized carbons (Fsp3) is 0.263. The number of carbonyl (C=O) groups excluding carboxylic acids is 1. The van der Waals surface area contributed by atoms with Gasteiger partial charge in [-0.15, -0.1) is 0 Å². The Labute approximate surface area is 136 Å². The average Bonchev–Trinajstić information content (AvgIpc) is 2.94. The van der Waals surface area contributed by atoms with Gasteiger partial charge >= 0.3 is 0 Å². The van der Waals surface area contributed by atoms with Gasteiger partial charge < -0.3 is 9.47 Å². The average molecular weight is 307 g/mol. The fourth-order valence-corrected chi connectivity index (χ4v) is 2.90. The molecule has 3 aromatic rings. The number of carbonyl (C=O) groups is 1. The maximum atomic E-state index is 12.8. The SMILES string of the molecule is CCc1nc2ccccc2n1CC(=O)N(CC)c1ccccc1. The van der Waals surface area contributed by atoms with Crippen LogP contribution in [0.2, 0.25) is 0 Å². The molecule has 4 heteroatoms. The molecular formula is C19H21N3O. The highest BCUT2D eigenvalue weighted by molar-refractivity contribution is 5.94. The minimum absolute atomic E-state index is 0.0801. The van der Waals surface area contributed by atoms with E-state index in [1.807, 2.05) is 71.0 Å². The first-order valence-electron chi connectivity index (χ1n) is 8.04. The number of nitrogens with zero attached hydrogens (tertiary/aromatic N) is 3. The van der Waals surface area contributed by atoms with Crippen LogP contribution in [0.15, 0.2) is 54.6 Å². The van der Waals surface area contributed by atoms with E-state index >= 15 is 0 Å². The smallest absolute Gasteiger partial charge is 0.246 e. The Kier molecular flexibility index (Phi) is 4.42. The molecule has 23 heavy (non-hydrogen) atoms. The van der Waals surface area contributed by atoms with Crippen molar-refractivity contribution in [2.24, 2.45) is 0 Å². The van der Waals surface area contributed by atoms with Crippen LogP contribution in [-0.4, -0.2) is 22.0 Å². The molecular weight excluding hydrogens is 286 g/mol. The molecule has 0 saturated carbocycles. The van der Waals surface area contributed by atoms with Crippen LogP contribution in [0.3, 0.4) is 0 Å². The van der Waals surface area contributed by atoms with Crippen LogP contribution in [0.5, 0.6) is 0 Å². The molecule has 0 radical (unpaired) electrons. The van der Waals surface area contributed by atoms with Crippen LogP contribution in [0, 0.1) is 0 Å². The first-order chi connectivity index (χ1) is 11.2. The van der Waals surface area contributed by atoms with Gasteiger partial charge in [-0.1, -0.05) is 37.3 Å². The van der Waals surface area contributed by atoms with Crippen molar-refractivity contribution in [1.29, 1.82) is 0 Å². The van der Waals surface area contributed by atoms with E-state index in [2.05, 4.69) is 11.9 Å². The summed E-state index contributed by atoms with van der Waals surface area (Å²) in [5.41, 5.74) is 2.89. The van der Waals surface area contributed by atoms with E-state index < -0.39 is 0 Å². The minimum atomic E-state index is 0.0801. The molecule has 1 aromatic heterocycles. The molecule has 3 rings (SSSR count). The Bertz CT molecular complexity index is 808. The molecule has 0 spiro atoms. The first-order valence-corrected chi connectivity index (χ1v) is 8.04. The molecule has 0 aliphatic carbocycles. The lowest BCUT2D eigenvalue weighted by atomic mass is 10.2. The summed E-state index contributed by atoms with van der Waals surface area (Å²) in [5.74, 6) is 1.03. The van der Waals surface area contributed by atoms with Crippen LogP contribution in [0.25, 0.3) is 11.0 Å². The highest BCUT2D eigenvalue weighted by Gasteiger charge is 2.17. The molecule has 0 aliphatic heterocycles. The molecule has 0 N–H and O–H groups in total. The van der Waals surface area contributed by atoms with Crippen LogP contribution in [0.1, 0.15) is 19.7 Å². The van der Waals surface area contributed by atoms with Gasteiger partial charge in [0, 0.05) is 18.7 Å². The third kappa shape index (κ3) is 2.97. The van der Waals surface area contributed by atoms with E-state index in [1.165, 1.54) is 0 Å². The Balaban J connectivity index is 1.93. The number of aryl methyl sites for hydroxylation is 1. The highest BCUT2D eigenvalue weighted by Crippen LogP contribution is 2.19. The zero-order chi connectivity index (χ0) is 16.2. The molecule has 0 atom stereocenters. The third-order valence-electron chi connectivity index (χ3n) is 4.03. The normalized spacial score (nSPS) is 10.9. The lowest BCUT2D eigenvalue weighted by molar-refractivity contribution is -0.119. The van der Waals surface area contributed by atoms with Gasteiger partial charge in [0.1, 0.15) is 12.4 Å². The number of fused-ring (bicyclic) bond motifs is 1. The molecule has 0 bridgehead atoms. The Morgan fingerprint density at radius 2 is 1.74 bits per heavy atom. The summed E-state index contributed by atoms with van der Waals surface area (Å²) >= 11 is 0. The second kappa shape index (κ2) is 6.65. The van der Waals surface area contributed by atoms with E-state index in [0.29, 0.717) is 13.1 Å². The van der Waals surface area contributed by atoms with Crippen molar-refractivity contribution < 1.29 is 4.79 Å². The number of amides is 1. The lowest BCUT2D eigenvalue weighted by Gasteiger charge is -2.22. The zero-order valence-electron chi connectivity index (χ0n) is 13.6. The second-order valence-electron chi connectivity index (χ2n) is 5.43. The topological polar surface area (TPSA) is 38.1 Å². The molecule has 0 aliphatic rings. The maximum absolute atomic E-state index is 12.8. The third-order valence-corrected chi connectivity index (χ3v) is 4.03. The van der Waals surface area contributed by atoms with Gasteiger partial charge in [0.15, 0.2) is 0 Å². The fourth-order valence-electron chi connectivity index (χ4n) is 2.90. The van der Waals surface area contributed by atoms with Gasteiger partial charge in [-0.25, -0.2) is 4.98 Å². The predicted molar refractivity (Wildman–Crippen MR) is 93.6 cm³/mol. The molecule has 2 aromatic carbocycles. The summed E-state index contributed by atoms with van der Waals surface area (Å²) in [7, 11) is 0. The summed E-state index contributed by atoms with van der Waals surface area (Å²) in [5, 5.41) is 0. The Morgan fingerprint density at radius 1 is 1.04 bits per heavy atom. The monoisotopic (exact) mass is 307 g/mol. The van der Waals surface area contributed by atoms with E-state index in [4.69, 9.17) is 0 Å². The van der Waals surface area contributed by atoms with Crippen molar-refractivity contribution in [1.82, 2.24) is 9.55 Å². The Morgan fingerprint density at radius 3 is 2.43 bits per heavy atom. The summed E-state index contributed by atoms with van der Waals surface area (Å²) < 4.78 is 2.03. The number of imidazole rings is 1. The summed E-state index contributed by atoms with van der Waals surface area (Å²) in [6.45, 7) is 5.03. The van der Waals surface area contributed by atoms with Gasteiger partial charge in [-0.05, 0) is 31.2 Å². The van der Waals surface area contributed by atoms with Gasteiger partial charge in [-0.3, -0.25) is 4.79 Å². The molecule has 0 saturated heterocycles. The Hall–Kier alpha value is -2.62. The molecule has 1 amide bonds. The molecule has 0 unspecified atom stereocenters. The van der Waals surface area contributed by atoms with E-state index in [0.717, 1.165) is 29.0 Å². The number of benzene rings is 2. The van der Waals surface area contributed by atoms with Gasteiger partial charge in [0.2, 0.25) is 5.91 Å². The van der Waals surface area contributed by atoms with Gasteiger partial charge in [-0.2, -0.15) is 0 Å². The van der Waals surface area contributed by atoms with E-state index in [-0.39, 0.29) is 5.91 Å². The van der Waals surface area contributed by atoms with Crippen LogP contribution in [-0.2, 0) is 17.8 Å². The van der Waals surface area contributed by atoms with Crippen LogP contribution >= 0.6 is 0 Å². The molecule has 0 fully saturated rings. The quantitative estimate of drug-likeness (QED) is 0.721. The van der Waals surface area contributed by atoms with Crippen molar-refractivity contribution in [3.05, 3.63) is 60.4 Å². The van der Waals surface area contributed by atoms with Crippen molar-refractivity contribution in [3.8, 4) is 0 Å². The first kappa shape index (κ1) is 15.3. The van der Waals surface area contributed by atoms with Crippen LogP contribution < -0.4 is 4.90 Å². The van der Waals surface area contributed by atoms with Crippen molar-refractivity contribution in [2.45, 2.75) is 26.8 Å². The molecule has 4 nitrogen and oxygen atoms in total. The summed E-state index contributed by atoms with van der Waals surface area (Å²) in [4.78, 5) is 19.3. The number of rotatable bonds is 5. The maximum Gasteiger partial charge on any atom is 0.246 e. The van der Waals surface area contributed by atoms with Gasteiger partial charge in [0.25, 0.3) is 0 Å². The number of hydrogen-bond donors (Lipinski definition) is 0. The minimum Gasteiger partial charge on any atom is -0.318 e. The summed E-state index contributed by atoms with van der Waals surface area (Å²) in [6.07, 6.45) is 0.805. The number of likely N-dealkylation sites (N-methyl/N-ethyl adjacent to an activating group) is 1. The van der Waals surface area contributed by atoms with Crippen LogP contribution in [0.4, 0.5) is 5.69 Å². The number of para-hydroxylation sites is 3. The van der Waals surface area contributed by atoms with Crippen molar-refractivity contribution in [3.63, 3.8) is 0 Å². The summed E-state index contributed by atoms with van der Waals surface area (Å²) in [6, 6.07) is 17.8. The highest BCUT2D eigenvalue weighted by atomic mass is 16.2. The standard InChI is InChI=1S/C19H21N3O/c1-3-18-20-16-12-8-9-13-17(16)22(18)14-19(23)21(4-2)15-10-6-5-7-11-15/h5-13H,3-4,14H2,1-2H3. The number of aromatic nitrogens is 2. The lowest BCUT2D eigenvalue weighted by Crippen LogP contribution is -2.34. The molecule has 1 heterocycles.